The van der Waals surface area contributed by atoms with Gasteiger partial charge in [-0.15, -0.1) is 0 Å². The lowest BCUT2D eigenvalue weighted by molar-refractivity contribution is -0.0531. The van der Waals surface area contributed by atoms with Crippen molar-refractivity contribution in [1.29, 1.82) is 0 Å². The van der Waals surface area contributed by atoms with E-state index in [1.165, 1.54) is 231 Å². The third-order valence-electron chi connectivity index (χ3n) is 25.3. The maximum atomic E-state index is 3.44. The molecule has 0 radical (unpaired) electrons. The fourth-order valence-electron chi connectivity index (χ4n) is 22.0. The maximum Gasteiger partial charge on any atom is 0.0104 e. The summed E-state index contributed by atoms with van der Waals surface area (Å²) in [5.41, 5.74) is 0. The topological polar surface area (TPSA) is 13.0 Å². The van der Waals surface area contributed by atoms with Crippen LogP contribution in [0, 0.1) is 35.5 Å². The fraction of sp³-hybridized carbons (Fsp3) is 1.00. The summed E-state index contributed by atoms with van der Waals surface area (Å²) >= 11 is 0. The van der Waals surface area contributed by atoms with Gasteiger partial charge in [0.05, 0.1) is 0 Å². The summed E-state index contributed by atoms with van der Waals surface area (Å²) in [6.07, 6.45) is 73.5. The molecular formula is C66H114N4. The first-order chi connectivity index (χ1) is 34.7. The van der Waals surface area contributed by atoms with Crippen molar-refractivity contribution < 1.29 is 0 Å². The van der Waals surface area contributed by atoms with Crippen LogP contribution < -0.4 is 0 Å². The van der Waals surface area contributed by atoms with Gasteiger partial charge in [-0.3, -0.25) is 19.6 Å². The van der Waals surface area contributed by atoms with E-state index in [2.05, 4.69) is 19.6 Å². The predicted molar refractivity (Wildman–Crippen MR) is 295 cm³/mol. The monoisotopic (exact) mass is 963 g/mol. The van der Waals surface area contributed by atoms with E-state index in [9.17, 15) is 0 Å². The zero-order chi connectivity index (χ0) is 46.6. The molecular weight excluding hydrogens is 849 g/mol. The third kappa shape index (κ3) is 11.6. The van der Waals surface area contributed by atoms with Crippen molar-refractivity contribution in [3.8, 4) is 0 Å². The van der Waals surface area contributed by atoms with Crippen LogP contribution in [0.3, 0.4) is 0 Å². The molecule has 12 aliphatic rings. The zero-order valence-corrected chi connectivity index (χ0v) is 46.1. The number of nitrogens with zero attached hydrogens (tertiary/aromatic N) is 4. The molecule has 4 nitrogen and oxygen atoms in total. The number of hydrogen-bond acceptors (Lipinski definition) is 4. The molecule has 0 amide bonds. The second-order valence-corrected chi connectivity index (χ2v) is 28.9. The molecule has 0 aromatic rings. The molecule has 0 heterocycles. The van der Waals surface area contributed by atoms with Crippen molar-refractivity contribution in [2.24, 2.45) is 35.5 Å². The average Bonchev–Trinajstić information content (AvgIpc) is 3.43. The first-order valence-corrected chi connectivity index (χ1v) is 33.8. The fourth-order valence-corrected chi connectivity index (χ4v) is 22.0. The number of rotatable bonds is 12. The van der Waals surface area contributed by atoms with Crippen LogP contribution in [0.1, 0.15) is 308 Å². The van der Waals surface area contributed by atoms with Crippen LogP contribution >= 0.6 is 0 Å². The molecule has 9 unspecified atom stereocenters. The van der Waals surface area contributed by atoms with E-state index in [1.54, 1.807) is 77.0 Å². The second kappa shape index (κ2) is 24.4. The van der Waals surface area contributed by atoms with Crippen molar-refractivity contribution in [3.63, 3.8) is 0 Å². The molecule has 12 aliphatic carbocycles. The lowest BCUT2D eigenvalue weighted by Crippen LogP contribution is -2.59. The van der Waals surface area contributed by atoms with E-state index >= 15 is 0 Å². The zero-order valence-electron chi connectivity index (χ0n) is 46.1. The molecule has 0 N–H and O–H groups in total. The summed E-state index contributed by atoms with van der Waals surface area (Å²) in [7, 11) is 0. The Balaban J connectivity index is 0.760. The van der Waals surface area contributed by atoms with Crippen LogP contribution in [0.5, 0.6) is 0 Å². The summed E-state index contributed by atoms with van der Waals surface area (Å²) in [4.78, 5) is 13.5. The molecule has 12 rings (SSSR count). The number of hydrogen-bond donors (Lipinski definition) is 0. The highest BCUT2D eigenvalue weighted by Crippen LogP contribution is 2.50. The smallest absolute Gasteiger partial charge is 0.0104 e. The van der Waals surface area contributed by atoms with Gasteiger partial charge in [-0.2, -0.15) is 0 Å². The van der Waals surface area contributed by atoms with Crippen molar-refractivity contribution in [3.05, 3.63) is 0 Å². The Kier molecular flexibility index (Phi) is 17.7. The Morgan fingerprint density at radius 2 is 0.300 bits per heavy atom. The highest BCUT2D eigenvalue weighted by molar-refractivity contribution is 5.02. The van der Waals surface area contributed by atoms with Gasteiger partial charge in [0.1, 0.15) is 0 Å². The Labute approximate surface area is 433 Å². The van der Waals surface area contributed by atoms with Gasteiger partial charge in [-0.1, -0.05) is 135 Å². The van der Waals surface area contributed by atoms with Gasteiger partial charge in [-0.25, -0.2) is 0 Å². The van der Waals surface area contributed by atoms with Crippen molar-refractivity contribution >= 4 is 0 Å². The molecule has 0 aliphatic heterocycles. The molecule has 0 bridgehead atoms. The minimum absolute atomic E-state index is 0.855. The Morgan fingerprint density at radius 1 is 0.129 bits per heavy atom. The van der Waals surface area contributed by atoms with Gasteiger partial charge in [-0.05, 0) is 209 Å². The molecule has 9 atom stereocenters. The van der Waals surface area contributed by atoms with Gasteiger partial charge in [0.2, 0.25) is 0 Å². The highest BCUT2D eigenvalue weighted by Gasteiger charge is 2.47. The van der Waals surface area contributed by atoms with Gasteiger partial charge in [0.15, 0.2) is 0 Å². The van der Waals surface area contributed by atoms with Crippen LogP contribution in [-0.2, 0) is 0 Å². The Morgan fingerprint density at radius 3 is 0.543 bits per heavy atom. The summed E-state index contributed by atoms with van der Waals surface area (Å²) < 4.78 is 0. The summed E-state index contributed by atoms with van der Waals surface area (Å²) in [5, 5.41) is 0. The molecule has 0 aromatic carbocycles. The third-order valence-corrected chi connectivity index (χ3v) is 25.3. The Bertz CT molecular complexity index is 1360. The predicted octanol–water partition coefficient (Wildman–Crippen LogP) is 17.2. The minimum atomic E-state index is 0.855. The first kappa shape index (κ1) is 50.6. The van der Waals surface area contributed by atoms with Crippen molar-refractivity contribution in [2.75, 3.05) is 0 Å². The van der Waals surface area contributed by atoms with Crippen LogP contribution in [0.4, 0.5) is 0 Å². The molecule has 398 valence electrons. The van der Waals surface area contributed by atoms with E-state index in [1.807, 2.05) is 0 Å². The van der Waals surface area contributed by atoms with Crippen LogP contribution in [0.15, 0.2) is 0 Å². The highest BCUT2D eigenvalue weighted by atomic mass is 15.3. The van der Waals surface area contributed by atoms with Crippen LogP contribution in [0.2, 0.25) is 0 Å². The summed E-state index contributed by atoms with van der Waals surface area (Å²) in [6.45, 7) is 0. The summed E-state index contributed by atoms with van der Waals surface area (Å²) in [6, 6.07) is 10.6. The minimum Gasteiger partial charge on any atom is -0.294 e. The van der Waals surface area contributed by atoms with E-state index in [-0.39, 0.29) is 0 Å². The molecule has 12 fully saturated rings. The van der Waals surface area contributed by atoms with Crippen molar-refractivity contribution in [1.82, 2.24) is 19.6 Å². The van der Waals surface area contributed by atoms with E-state index < -0.39 is 0 Å². The quantitative estimate of drug-likeness (QED) is 0.193. The average molecular weight is 964 g/mol. The largest absolute Gasteiger partial charge is 0.294 e. The van der Waals surface area contributed by atoms with Gasteiger partial charge in [0, 0.05) is 72.5 Å². The lowest BCUT2D eigenvalue weighted by atomic mass is 9.68. The van der Waals surface area contributed by atoms with Crippen molar-refractivity contribution in [2.45, 2.75) is 381 Å². The van der Waals surface area contributed by atoms with E-state index in [0.717, 1.165) is 108 Å². The molecule has 0 spiro atoms. The van der Waals surface area contributed by atoms with E-state index in [4.69, 9.17) is 0 Å². The number of fused-ring (bicyclic) bond motifs is 3. The van der Waals surface area contributed by atoms with Crippen LogP contribution in [0.25, 0.3) is 0 Å². The standard InChI is InChI=1S/C66H114N4/c1-4-22-55(23-5-1)68(64-31-28-49-16-10-13-19-52(49)46-64)61-40-34-58(35-41-61)67(59-36-42-62(43-37-59)69(56-24-6-2-7-25-56)65-32-29-50-17-11-14-20-53(50)47-65)60-38-44-63(45-39-60)70(57-26-8-3-9-27-57)66-33-30-51-18-12-15-21-54(51)48-66/h49-66H,1-48H2. The van der Waals surface area contributed by atoms with E-state index in [0.29, 0.717) is 0 Å². The first-order valence-electron chi connectivity index (χ1n) is 33.8. The molecule has 4 heteroatoms. The molecule has 70 heavy (non-hydrogen) atoms. The Hall–Kier alpha value is -0.160. The molecule has 0 aromatic heterocycles. The molecule has 0 saturated heterocycles. The van der Waals surface area contributed by atoms with Crippen LogP contribution in [-0.4, -0.2) is 92.1 Å². The summed E-state index contributed by atoms with van der Waals surface area (Å²) in [5.74, 6) is 6.41. The normalized spacial score (nSPS) is 43.5. The van der Waals surface area contributed by atoms with Gasteiger partial charge >= 0.3 is 0 Å². The SMILES string of the molecule is C1CCC(N(C2CCC(N(C3CCC(N(C4CCCCC4)C4CCC5CCCCC5C4)CC3)C3CCC(N(C4CCCCC4)C4CCC5CCCCC5C4)CC3)CC2)C2CCC3CCCCC3C2)CC1. The second-order valence-electron chi connectivity index (χ2n) is 28.9. The van der Waals surface area contributed by atoms with Gasteiger partial charge < -0.3 is 0 Å². The molecule has 12 saturated carbocycles. The van der Waals surface area contributed by atoms with Gasteiger partial charge in [0.25, 0.3) is 0 Å². The maximum absolute atomic E-state index is 3.44. The lowest BCUT2D eigenvalue weighted by Gasteiger charge is -2.55.